The van der Waals surface area contributed by atoms with Crippen molar-refractivity contribution in [3.05, 3.63) is 0 Å². The van der Waals surface area contributed by atoms with E-state index < -0.39 is 0 Å². The van der Waals surface area contributed by atoms with Crippen LogP contribution in [0.3, 0.4) is 0 Å². The van der Waals surface area contributed by atoms with Gasteiger partial charge in [0, 0.05) is 32.7 Å². The fraction of sp³-hybridized carbons (Fsp3) is 0.929. The number of nitrogens with one attached hydrogen (secondary N) is 2. The summed E-state index contributed by atoms with van der Waals surface area (Å²) in [6.45, 7) is 10.4. The second-order valence-corrected chi connectivity index (χ2v) is 5.66. The third-order valence-corrected chi connectivity index (χ3v) is 4.23. The molecule has 1 unspecified atom stereocenters. The van der Waals surface area contributed by atoms with E-state index in [2.05, 4.69) is 20.4 Å². The zero-order valence-electron chi connectivity index (χ0n) is 12.2. The molecule has 2 saturated heterocycles. The fourth-order valence-corrected chi connectivity index (χ4v) is 2.90. The summed E-state index contributed by atoms with van der Waals surface area (Å²) in [6.07, 6.45) is 3.75. The van der Waals surface area contributed by atoms with Gasteiger partial charge in [0.25, 0.3) is 0 Å². The molecular formula is C14H28N4O. The lowest BCUT2D eigenvalue weighted by Gasteiger charge is -2.31. The van der Waals surface area contributed by atoms with E-state index in [0.29, 0.717) is 0 Å². The highest BCUT2D eigenvalue weighted by Crippen LogP contribution is 2.07. The number of rotatable bonds is 6. The molecule has 5 nitrogen and oxygen atoms in total. The van der Waals surface area contributed by atoms with Crippen molar-refractivity contribution in [1.82, 2.24) is 20.4 Å². The van der Waals surface area contributed by atoms with Crippen molar-refractivity contribution in [1.29, 1.82) is 0 Å². The highest BCUT2D eigenvalue weighted by atomic mass is 16.2. The van der Waals surface area contributed by atoms with Gasteiger partial charge in [-0.25, -0.2) is 0 Å². The highest BCUT2D eigenvalue weighted by molar-refractivity contribution is 5.81. The monoisotopic (exact) mass is 268 g/mol. The summed E-state index contributed by atoms with van der Waals surface area (Å²) in [5.41, 5.74) is 0. The lowest BCUT2D eigenvalue weighted by molar-refractivity contribution is -0.126. The largest absolute Gasteiger partial charge is 0.355 e. The quantitative estimate of drug-likeness (QED) is 0.660. The third kappa shape index (κ3) is 4.75. The van der Waals surface area contributed by atoms with Gasteiger partial charge in [0.2, 0.25) is 5.91 Å². The third-order valence-electron chi connectivity index (χ3n) is 4.23. The van der Waals surface area contributed by atoms with Gasteiger partial charge in [-0.1, -0.05) is 0 Å². The minimum Gasteiger partial charge on any atom is -0.355 e. The van der Waals surface area contributed by atoms with Gasteiger partial charge in [-0.3, -0.25) is 9.69 Å². The Morgan fingerprint density at radius 2 is 1.89 bits per heavy atom. The van der Waals surface area contributed by atoms with E-state index in [1.54, 1.807) is 0 Å². The van der Waals surface area contributed by atoms with Gasteiger partial charge in [0.1, 0.15) is 0 Å². The average molecular weight is 268 g/mol. The zero-order chi connectivity index (χ0) is 13.5. The van der Waals surface area contributed by atoms with Gasteiger partial charge < -0.3 is 15.5 Å². The Balaban J connectivity index is 1.57. The Labute approximate surface area is 116 Å². The summed E-state index contributed by atoms with van der Waals surface area (Å²) in [5, 5.41) is 6.39. The maximum Gasteiger partial charge on any atom is 0.237 e. The Bertz CT molecular complexity index is 273. The first-order chi connectivity index (χ1) is 9.27. The number of nitrogens with zero attached hydrogens (tertiary/aromatic N) is 2. The predicted octanol–water partition coefficient (Wildman–Crippen LogP) is -0.118. The summed E-state index contributed by atoms with van der Waals surface area (Å²) in [5.74, 6) is 0.184. The topological polar surface area (TPSA) is 47.6 Å². The first-order valence-corrected chi connectivity index (χ1v) is 7.72. The van der Waals surface area contributed by atoms with E-state index in [9.17, 15) is 4.79 Å². The van der Waals surface area contributed by atoms with Crippen molar-refractivity contribution in [2.45, 2.75) is 32.2 Å². The van der Waals surface area contributed by atoms with Crippen LogP contribution in [0.15, 0.2) is 0 Å². The number of amides is 1. The summed E-state index contributed by atoms with van der Waals surface area (Å²) in [6, 6.07) is 0.00823. The predicted molar refractivity (Wildman–Crippen MR) is 77.2 cm³/mol. The summed E-state index contributed by atoms with van der Waals surface area (Å²) in [4.78, 5) is 16.8. The van der Waals surface area contributed by atoms with E-state index in [4.69, 9.17) is 0 Å². The molecule has 0 aromatic heterocycles. The first kappa shape index (κ1) is 14.8. The van der Waals surface area contributed by atoms with Gasteiger partial charge in [0.05, 0.1) is 6.04 Å². The maximum absolute atomic E-state index is 12.1. The van der Waals surface area contributed by atoms with Gasteiger partial charge in [-0.15, -0.1) is 0 Å². The van der Waals surface area contributed by atoms with Crippen molar-refractivity contribution in [3.63, 3.8) is 0 Å². The van der Waals surface area contributed by atoms with Crippen LogP contribution < -0.4 is 10.6 Å². The molecule has 2 fully saturated rings. The van der Waals surface area contributed by atoms with Crippen molar-refractivity contribution in [2.75, 3.05) is 52.4 Å². The average Bonchev–Trinajstić information content (AvgIpc) is 2.96. The SMILES string of the molecule is CC(C(=O)NCCCN1CCCC1)N1CCNCC1. The van der Waals surface area contributed by atoms with Crippen molar-refractivity contribution in [2.24, 2.45) is 0 Å². The van der Waals surface area contributed by atoms with E-state index in [1.807, 2.05) is 6.92 Å². The van der Waals surface area contributed by atoms with Crippen LogP contribution in [0.5, 0.6) is 0 Å². The summed E-state index contributed by atoms with van der Waals surface area (Å²) in [7, 11) is 0. The number of hydrogen-bond donors (Lipinski definition) is 2. The van der Waals surface area contributed by atoms with Crippen molar-refractivity contribution in [3.8, 4) is 0 Å². The van der Waals surface area contributed by atoms with E-state index in [1.165, 1.54) is 25.9 Å². The fourth-order valence-electron chi connectivity index (χ4n) is 2.90. The van der Waals surface area contributed by atoms with Gasteiger partial charge >= 0.3 is 0 Å². The van der Waals surface area contributed by atoms with Crippen LogP contribution in [-0.4, -0.2) is 74.1 Å². The van der Waals surface area contributed by atoms with Crippen LogP contribution in [-0.2, 0) is 4.79 Å². The molecule has 2 rings (SSSR count). The minimum atomic E-state index is 0.00823. The van der Waals surface area contributed by atoms with Crippen LogP contribution in [0.1, 0.15) is 26.2 Å². The molecule has 1 atom stereocenters. The van der Waals surface area contributed by atoms with E-state index in [0.717, 1.165) is 45.7 Å². The number of carbonyl (C=O) groups excluding carboxylic acids is 1. The van der Waals surface area contributed by atoms with Crippen molar-refractivity contribution < 1.29 is 4.79 Å². The Hall–Kier alpha value is -0.650. The number of carbonyl (C=O) groups is 1. The van der Waals surface area contributed by atoms with Gasteiger partial charge in [-0.2, -0.15) is 0 Å². The molecule has 0 aliphatic carbocycles. The second kappa shape index (κ2) is 7.82. The summed E-state index contributed by atoms with van der Waals surface area (Å²) >= 11 is 0. The van der Waals surface area contributed by atoms with E-state index in [-0.39, 0.29) is 11.9 Å². The first-order valence-electron chi connectivity index (χ1n) is 7.72. The highest BCUT2D eigenvalue weighted by Gasteiger charge is 2.22. The lowest BCUT2D eigenvalue weighted by atomic mass is 10.2. The molecule has 110 valence electrons. The molecule has 1 amide bonds. The smallest absolute Gasteiger partial charge is 0.237 e. The van der Waals surface area contributed by atoms with Gasteiger partial charge in [-0.05, 0) is 45.8 Å². The molecule has 2 heterocycles. The Kier molecular flexibility index (Phi) is 6.07. The number of hydrogen-bond acceptors (Lipinski definition) is 4. The maximum atomic E-state index is 12.1. The molecule has 0 spiro atoms. The molecule has 2 aliphatic heterocycles. The van der Waals surface area contributed by atoms with Crippen LogP contribution in [0.2, 0.25) is 0 Å². The molecule has 0 aromatic rings. The van der Waals surface area contributed by atoms with Crippen LogP contribution in [0, 0.1) is 0 Å². The molecule has 2 aliphatic rings. The van der Waals surface area contributed by atoms with Crippen molar-refractivity contribution >= 4 is 5.91 Å². The standard InChI is InChI=1S/C14H28N4O/c1-13(18-11-6-15-7-12-18)14(19)16-5-4-10-17-8-2-3-9-17/h13,15H,2-12H2,1H3,(H,16,19). The number of likely N-dealkylation sites (tertiary alicyclic amines) is 1. The molecule has 5 heteroatoms. The normalized spacial score (nSPS) is 23.4. The molecule has 19 heavy (non-hydrogen) atoms. The number of piperazine rings is 1. The van der Waals surface area contributed by atoms with E-state index >= 15 is 0 Å². The zero-order valence-corrected chi connectivity index (χ0v) is 12.2. The summed E-state index contributed by atoms with van der Waals surface area (Å²) < 4.78 is 0. The van der Waals surface area contributed by atoms with Gasteiger partial charge in [0.15, 0.2) is 0 Å². The van der Waals surface area contributed by atoms with Crippen LogP contribution >= 0.6 is 0 Å². The molecule has 0 saturated carbocycles. The van der Waals surface area contributed by atoms with Crippen LogP contribution in [0.25, 0.3) is 0 Å². The second-order valence-electron chi connectivity index (χ2n) is 5.66. The van der Waals surface area contributed by atoms with Crippen LogP contribution in [0.4, 0.5) is 0 Å². The molecule has 2 N–H and O–H groups in total. The Morgan fingerprint density at radius 1 is 1.21 bits per heavy atom. The molecule has 0 radical (unpaired) electrons. The molecule has 0 bridgehead atoms. The minimum absolute atomic E-state index is 0.00823. The molecule has 0 aromatic carbocycles. The Morgan fingerprint density at radius 3 is 2.58 bits per heavy atom. The molecular weight excluding hydrogens is 240 g/mol. The lowest BCUT2D eigenvalue weighted by Crippen LogP contribution is -2.52.